The number of likely N-dealkylation sites (tertiary alicyclic amines) is 1. The number of nitrogens with one attached hydrogen (secondary N) is 1. The number of aliphatic hydroxyl groups is 1. The summed E-state index contributed by atoms with van der Waals surface area (Å²) in [6.45, 7) is 8.89. The molecule has 0 bridgehead atoms. The molecule has 0 radical (unpaired) electrons. The Labute approximate surface area is 203 Å². The van der Waals surface area contributed by atoms with Crippen LogP contribution < -0.4 is 0 Å². The molecule has 2 aromatic rings. The van der Waals surface area contributed by atoms with Crippen molar-refractivity contribution in [3.63, 3.8) is 0 Å². The van der Waals surface area contributed by atoms with Crippen molar-refractivity contribution in [2.75, 3.05) is 46.0 Å². The number of aromatic amines is 1. The lowest BCUT2D eigenvalue weighted by Crippen LogP contribution is -2.42. The first kappa shape index (κ1) is 24.6. The Morgan fingerprint density at radius 2 is 2.00 bits per heavy atom. The first-order valence-electron chi connectivity index (χ1n) is 11.7. The zero-order valence-electron chi connectivity index (χ0n) is 20.2. The van der Waals surface area contributed by atoms with E-state index in [4.69, 9.17) is 9.47 Å². The molecule has 2 aliphatic rings. The minimum atomic E-state index is -0.801. The number of ether oxygens (including phenoxy) is 2. The highest BCUT2D eigenvalue weighted by Crippen LogP contribution is 2.40. The van der Waals surface area contributed by atoms with E-state index in [1.54, 1.807) is 45.3 Å². The van der Waals surface area contributed by atoms with Crippen molar-refractivity contribution >= 4 is 23.4 Å². The highest BCUT2D eigenvalue weighted by atomic mass is 16.5. The first-order chi connectivity index (χ1) is 16.8. The largest absolute Gasteiger partial charge is 0.507 e. The molecule has 10 heteroatoms. The van der Waals surface area contributed by atoms with E-state index in [1.165, 1.54) is 4.90 Å². The molecule has 1 atom stereocenters. The molecule has 2 saturated heterocycles. The zero-order valence-corrected chi connectivity index (χ0v) is 20.2. The van der Waals surface area contributed by atoms with E-state index in [-0.39, 0.29) is 23.6 Å². The van der Waals surface area contributed by atoms with Gasteiger partial charge >= 0.3 is 5.97 Å². The summed E-state index contributed by atoms with van der Waals surface area (Å²) in [5.41, 5.74) is 2.05. The predicted octanol–water partition coefficient (Wildman–Crippen LogP) is 1.96. The van der Waals surface area contributed by atoms with Gasteiger partial charge in [0.1, 0.15) is 11.5 Å². The average Bonchev–Trinajstić information content (AvgIpc) is 3.30. The quantitative estimate of drug-likeness (QED) is 0.266. The molecule has 2 N–H and O–H groups in total. The molecule has 4 rings (SSSR count). The third-order valence-electron chi connectivity index (χ3n) is 6.45. The Balaban J connectivity index is 1.77. The maximum Gasteiger partial charge on any atom is 0.355 e. The monoisotopic (exact) mass is 482 g/mol. The number of morpholine rings is 1. The molecule has 10 nitrogen and oxygen atoms in total. The summed E-state index contributed by atoms with van der Waals surface area (Å²) in [4.78, 5) is 49.6. The smallest absolute Gasteiger partial charge is 0.355 e. The number of H-pyrrole nitrogens is 1. The van der Waals surface area contributed by atoms with Crippen molar-refractivity contribution in [3.05, 3.63) is 58.2 Å². The summed E-state index contributed by atoms with van der Waals surface area (Å²) < 4.78 is 10.5. The second kappa shape index (κ2) is 10.4. The van der Waals surface area contributed by atoms with Crippen LogP contribution in [0.1, 0.15) is 45.8 Å². The van der Waals surface area contributed by atoms with E-state index in [1.807, 2.05) is 0 Å². The third-order valence-corrected chi connectivity index (χ3v) is 6.45. The van der Waals surface area contributed by atoms with Gasteiger partial charge in [-0.25, -0.2) is 4.79 Å². The average molecular weight is 483 g/mol. The normalized spacial score (nSPS) is 20.4. The number of rotatable bonds is 7. The van der Waals surface area contributed by atoms with Crippen LogP contribution in [0.5, 0.6) is 0 Å². The van der Waals surface area contributed by atoms with Crippen LogP contribution in [0.2, 0.25) is 0 Å². The summed E-state index contributed by atoms with van der Waals surface area (Å²) in [7, 11) is 0. The van der Waals surface area contributed by atoms with Gasteiger partial charge in [-0.1, -0.05) is 6.07 Å². The van der Waals surface area contributed by atoms with Crippen LogP contribution in [0.15, 0.2) is 30.1 Å². The van der Waals surface area contributed by atoms with E-state index >= 15 is 0 Å². The number of ketones is 1. The molecular formula is C25H30N4O6. The Bertz CT molecular complexity index is 1150. The molecule has 4 heterocycles. The Morgan fingerprint density at radius 1 is 1.26 bits per heavy atom. The summed E-state index contributed by atoms with van der Waals surface area (Å²) in [5.74, 6) is -2.32. The van der Waals surface area contributed by atoms with Crippen molar-refractivity contribution in [2.24, 2.45) is 0 Å². The van der Waals surface area contributed by atoms with E-state index < -0.39 is 23.7 Å². The zero-order chi connectivity index (χ0) is 25.1. The second-order valence-electron chi connectivity index (χ2n) is 8.58. The van der Waals surface area contributed by atoms with Gasteiger partial charge in [0, 0.05) is 49.8 Å². The van der Waals surface area contributed by atoms with Gasteiger partial charge in [-0.05, 0) is 38.0 Å². The Kier molecular flexibility index (Phi) is 7.32. The number of pyridine rings is 1. The predicted molar refractivity (Wildman–Crippen MR) is 127 cm³/mol. The summed E-state index contributed by atoms with van der Waals surface area (Å²) in [5, 5.41) is 11.4. The number of carbonyl (C=O) groups is 3. The second-order valence-corrected chi connectivity index (χ2v) is 8.58. The summed E-state index contributed by atoms with van der Waals surface area (Å²) in [6.07, 6.45) is 3.20. The van der Waals surface area contributed by atoms with Crippen LogP contribution in [0.3, 0.4) is 0 Å². The SMILES string of the molecule is CCOC(=O)c1[nH]c(C)c(C(O)=C2C(=O)C(=O)N(CCN3CCOCC3)[C@H]2c2cccnc2)c1C. The number of nitrogens with zero attached hydrogens (tertiary/aromatic N) is 3. The van der Waals surface area contributed by atoms with Gasteiger partial charge in [0.25, 0.3) is 11.7 Å². The van der Waals surface area contributed by atoms with Gasteiger partial charge in [-0.3, -0.25) is 19.5 Å². The molecule has 0 saturated carbocycles. The van der Waals surface area contributed by atoms with Crippen molar-refractivity contribution in [1.29, 1.82) is 0 Å². The minimum Gasteiger partial charge on any atom is -0.507 e. The lowest BCUT2D eigenvalue weighted by Gasteiger charge is -2.30. The molecule has 186 valence electrons. The highest BCUT2D eigenvalue weighted by molar-refractivity contribution is 6.46. The first-order valence-corrected chi connectivity index (χ1v) is 11.7. The van der Waals surface area contributed by atoms with E-state index in [0.717, 1.165) is 13.1 Å². The molecule has 35 heavy (non-hydrogen) atoms. The highest BCUT2D eigenvalue weighted by Gasteiger charge is 2.46. The van der Waals surface area contributed by atoms with Gasteiger partial charge < -0.3 is 24.5 Å². The van der Waals surface area contributed by atoms with Crippen LogP contribution in [0.25, 0.3) is 5.76 Å². The number of esters is 1. The number of aryl methyl sites for hydroxylation is 1. The summed E-state index contributed by atoms with van der Waals surface area (Å²) >= 11 is 0. The minimum absolute atomic E-state index is 0.0226. The fraction of sp³-hybridized carbons (Fsp3) is 0.440. The van der Waals surface area contributed by atoms with E-state index in [0.29, 0.717) is 48.7 Å². The van der Waals surface area contributed by atoms with E-state index in [2.05, 4.69) is 14.9 Å². The van der Waals surface area contributed by atoms with Crippen LogP contribution in [-0.2, 0) is 19.1 Å². The standard InChI is InChI=1S/C25H30N4O6/c1-4-35-25(33)20-15(2)18(16(3)27-20)22(30)19-21(17-6-5-7-26-14-17)29(24(32)23(19)31)9-8-28-10-12-34-13-11-28/h5-7,14,21,27,30H,4,8-13H2,1-3H3/t21-/m0/s1. The van der Waals surface area contributed by atoms with Gasteiger partial charge in [-0.2, -0.15) is 0 Å². The van der Waals surface area contributed by atoms with Crippen molar-refractivity contribution < 1.29 is 29.0 Å². The molecule has 0 aliphatic carbocycles. The molecule has 0 spiro atoms. The van der Waals surface area contributed by atoms with Crippen LogP contribution >= 0.6 is 0 Å². The lowest BCUT2D eigenvalue weighted by molar-refractivity contribution is -0.140. The maximum atomic E-state index is 13.3. The Hall–Kier alpha value is -3.50. The van der Waals surface area contributed by atoms with Gasteiger partial charge in [0.15, 0.2) is 0 Å². The van der Waals surface area contributed by atoms with Crippen molar-refractivity contribution in [2.45, 2.75) is 26.8 Å². The summed E-state index contributed by atoms with van der Waals surface area (Å²) in [6, 6.07) is 2.70. The van der Waals surface area contributed by atoms with Crippen molar-refractivity contribution in [3.8, 4) is 0 Å². The third kappa shape index (κ3) is 4.71. The molecular weight excluding hydrogens is 452 g/mol. The molecule has 2 fully saturated rings. The van der Waals surface area contributed by atoms with Gasteiger partial charge in [0.05, 0.1) is 31.4 Å². The van der Waals surface area contributed by atoms with Crippen LogP contribution in [0, 0.1) is 13.8 Å². The maximum absolute atomic E-state index is 13.3. The number of Topliss-reactive ketones (excluding diaryl/α,β-unsaturated/α-hetero) is 1. The number of amides is 1. The number of aliphatic hydroxyl groups excluding tert-OH is 1. The van der Waals surface area contributed by atoms with Crippen LogP contribution in [-0.4, -0.2) is 88.5 Å². The van der Waals surface area contributed by atoms with Gasteiger partial charge in [-0.15, -0.1) is 0 Å². The lowest BCUT2D eigenvalue weighted by atomic mass is 9.95. The number of aromatic nitrogens is 2. The molecule has 2 aliphatic heterocycles. The number of hydrogen-bond acceptors (Lipinski definition) is 8. The van der Waals surface area contributed by atoms with Crippen LogP contribution in [0.4, 0.5) is 0 Å². The topological polar surface area (TPSA) is 125 Å². The molecule has 0 aromatic carbocycles. The van der Waals surface area contributed by atoms with E-state index in [9.17, 15) is 19.5 Å². The van der Waals surface area contributed by atoms with Gasteiger partial charge in [0.2, 0.25) is 0 Å². The fourth-order valence-corrected chi connectivity index (χ4v) is 4.72. The molecule has 1 amide bonds. The van der Waals surface area contributed by atoms with Crippen molar-refractivity contribution in [1.82, 2.24) is 19.8 Å². The molecule has 0 unspecified atom stereocenters. The number of hydrogen-bond donors (Lipinski definition) is 2. The fourth-order valence-electron chi connectivity index (χ4n) is 4.72. The Morgan fingerprint density at radius 3 is 2.66 bits per heavy atom. The number of carbonyl (C=O) groups excluding carboxylic acids is 3. The molecule has 2 aromatic heterocycles.